The summed E-state index contributed by atoms with van der Waals surface area (Å²) < 4.78 is 15.6. The highest BCUT2D eigenvalue weighted by Crippen LogP contribution is 2.32. The highest BCUT2D eigenvalue weighted by Gasteiger charge is 2.15. The summed E-state index contributed by atoms with van der Waals surface area (Å²) in [6.45, 7) is 5.58. The molecule has 0 spiro atoms. The van der Waals surface area contributed by atoms with E-state index in [1.54, 1.807) is 0 Å². The maximum atomic E-state index is 11.7. The number of hydrogen-bond donors (Lipinski definition) is 0. The lowest BCUT2D eigenvalue weighted by molar-refractivity contribution is -0.137. The Morgan fingerprint density at radius 3 is 1.67 bits per heavy atom. The normalized spacial score (nSPS) is 10.1. The van der Waals surface area contributed by atoms with Crippen LogP contribution < -0.4 is 14.2 Å². The standard InChI is InChI=1S/C18H24O6/c1-4-7-16(19)22-13-10-11-14(23-17(20)8-5-2)15(12-13)24-18(21)9-6-3/h10-12H,4-9H2,1-3H3. The Labute approximate surface area is 142 Å². The average Bonchev–Trinajstić information content (AvgIpc) is 2.50. The number of ether oxygens (including phenoxy) is 3. The van der Waals surface area contributed by atoms with Gasteiger partial charge in [0.15, 0.2) is 11.5 Å². The van der Waals surface area contributed by atoms with Crippen LogP contribution >= 0.6 is 0 Å². The Hall–Kier alpha value is -2.37. The fourth-order valence-electron chi connectivity index (χ4n) is 1.86. The van der Waals surface area contributed by atoms with Crippen molar-refractivity contribution in [1.29, 1.82) is 0 Å². The van der Waals surface area contributed by atoms with E-state index in [9.17, 15) is 14.4 Å². The van der Waals surface area contributed by atoms with Crippen LogP contribution in [0.3, 0.4) is 0 Å². The van der Waals surface area contributed by atoms with Crippen LogP contribution in [-0.4, -0.2) is 17.9 Å². The molecule has 0 aliphatic heterocycles. The summed E-state index contributed by atoms with van der Waals surface area (Å²) >= 11 is 0. The van der Waals surface area contributed by atoms with Crippen LogP contribution in [-0.2, 0) is 14.4 Å². The second-order valence-electron chi connectivity index (χ2n) is 5.28. The molecule has 24 heavy (non-hydrogen) atoms. The molecule has 1 aromatic rings. The molecule has 0 aliphatic rings. The molecule has 1 aromatic carbocycles. The van der Waals surface area contributed by atoms with Gasteiger partial charge in [0.1, 0.15) is 5.75 Å². The third-order valence-corrected chi connectivity index (χ3v) is 2.96. The number of esters is 3. The molecule has 0 fully saturated rings. The zero-order chi connectivity index (χ0) is 17.9. The number of carbonyl (C=O) groups excluding carboxylic acids is 3. The van der Waals surface area contributed by atoms with Crippen molar-refractivity contribution in [2.24, 2.45) is 0 Å². The van der Waals surface area contributed by atoms with Crippen LogP contribution in [0.2, 0.25) is 0 Å². The lowest BCUT2D eigenvalue weighted by atomic mass is 10.2. The lowest BCUT2D eigenvalue weighted by Gasteiger charge is -2.12. The van der Waals surface area contributed by atoms with Crippen molar-refractivity contribution in [2.75, 3.05) is 0 Å². The van der Waals surface area contributed by atoms with Crippen LogP contribution in [0, 0.1) is 0 Å². The Balaban J connectivity index is 2.97. The van der Waals surface area contributed by atoms with E-state index >= 15 is 0 Å². The van der Waals surface area contributed by atoms with E-state index in [1.165, 1.54) is 18.2 Å². The van der Waals surface area contributed by atoms with Crippen molar-refractivity contribution in [3.05, 3.63) is 18.2 Å². The van der Waals surface area contributed by atoms with Crippen LogP contribution in [0.4, 0.5) is 0 Å². The van der Waals surface area contributed by atoms with Gasteiger partial charge >= 0.3 is 17.9 Å². The maximum absolute atomic E-state index is 11.7. The third-order valence-electron chi connectivity index (χ3n) is 2.96. The second-order valence-corrected chi connectivity index (χ2v) is 5.28. The predicted octanol–water partition coefficient (Wildman–Crippen LogP) is 3.80. The molecule has 0 heterocycles. The molecule has 6 heteroatoms. The Kier molecular flexibility index (Phi) is 8.54. The van der Waals surface area contributed by atoms with Crippen molar-refractivity contribution in [3.63, 3.8) is 0 Å². The van der Waals surface area contributed by atoms with Crippen molar-refractivity contribution in [2.45, 2.75) is 59.3 Å². The van der Waals surface area contributed by atoms with Gasteiger partial charge in [-0.3, -0.25) is 14.4 Å². The van der Waals surface area contributed by atoms with Gasteiger partial charge in [0, 0.05) is 25.3 Å². The summed E-state index contributed by atoms with van der Waals surface area (Å²) in [4.78, 5) is 35.0. The number of carbonyl (C=O) groups is 3. The van der Waals surface area contributed by atoms with E-state index in [0.29, 0.717) is 19.3 Å². The van der Waals surface area contributed by atoms with Gasteiger partial charge in [-0.2, -0.15) is 0 Å². The minimum Gasteiger partial charge on any atom is -0.426 e. The van der Waals surface area contributed by atoms with Gasteiger partial charge in [-0.25, -0.2) is 0 Å². The van der Waals surface area contributed by atoms with Gasteiger partial charge in [0.05, 0.1) is 0 Å². The lowest BCUT2D eigenvalue weighted by Crippen LogP contribution is -2.12. The first kappa shape index (κ1) is 19.7. The Bertz CT molecular complexity index is 579. The van der Waals surface area contributed by atoms with Gasteiger partial charge in [-0.15, -0.1) is 0 Å². The molecule has 0 bridgehead atoms. The van der Waals surface area contributed by atoms with E-state index in [2.05, 4.69) is 0 Å². The van der Waals surface area contributed by atoms with Crippen molar-refractivity contribution in [1.82, 2.24) is 0 Å². The first-order valence-electron chi connectivity index (χ1n) is 8.26. The molecule has 0 unspecified atom stereocenters. The predicted molar refractivity (Wildman–Crippen MR) is 88.1 cm³/mol. The molecule has 6 nitrogen and oxygen atoms in total. The van der Waals surface area contributed by atoms with Gasteiger partial charge in [0.25, 0.3) is 0 Å². The molecule has 0 aromatic heterocycles. The van der Waals surface area contributed by atoms with E-state index < -0.39 is 11.9 Å². The SMILES string of the molecule is CCCC(=O)Oc1ccc(OC(=O)CCC)c(OC(=O)CCC)c1. The minimum atomic E-state index is -0.442. The Morgan fingerprint density at radius 1 is 0.708 bits per heavy atom. The molecule has 0 amide bonds. The van der Waals surface area contributed by atoms with Gasteiger partial charge in [-0.05, 0) is 31.4 Å². The number of hydrogen-bond acceptors (Lipinski definition) is 6. The molecule has 0 saturated heterocycles. The summed E-state index contributed by atoms with van der Waals surface area (Å²) in [5.74, 6) is -0.793. The van der Waals surface area contributed by atoms with E-state index in [0.717, 1.165) is 0 Å². The fraction of sp³-hybridized carbons (Fsp3) is 0.500. The Morgan fingerprint density at radius 2 is 1.17 bits per heavy atom. The van der Waals surface area contributed by atoms with Crippen molar-refractivity contribution in [3.8, 4) is 17.2 Å². The van der Waals surface area contributed by atoms with Crippen LogP contribution in [0.5, 0.6) is 17.2 Å². The third kappa shape index (κ3) is 6.81. The zero-order valence-corrected chi connectivity index (χ0v) is 14.4. The molecule has 0 atom stereocenters. The van der Waals surface area contributed by atoms with Crippen LogP contribution in [0.15, 0.2) is 18.2 Å². The first-order valence-corrected chi connectivity index (χ1v) is 8.26. The molecular weight excluding hydrogens is 312 g/mol. The van der Waals surface area contributed by atoms with Gasteiger partial charge < -0.3 is 14.2 Å². The smallest absolute Gasteiger partial charge is 0.311 e. The van der Waals surface area contributed by atoms with Crippen molar-refractivity contribution < 1.29 is 28.6 Å². The second kappa shape index (κ2) is 10.4. The number of benzene rings is 1. The first-order chi connectivity index (χ1) is 11.5. The van der Waals surface area contributed by atoms with Crippen LogP contribution in [0.25, 0.3) is 0 Å². The summed E-state index contributed by atoms with van der Waals surface area (Å²) in [6.07, 6.45) is 2.74. The fourth-order valence-corrected chi connectivity index (χ4v) is 1.86. The quantitative estimate of drug-likeness (QED) is 0.504. The zero-order valence-electron chi connectivity index (χ0n) is 14.4. The van der Waals surface area contributed by atoms with E-state index in [-0.39, 0.29) is 42.5 Å². The van der Waals surface area contributed by atoms with E-state index in [4.69, 9.17) is 14.2 Å². The number of rotatable bonds is 9. The molecule has 0 saturated carbocycles. The van der Waals surface area contributed by atoms with Crippen LogP contribution in [0.1, 0.15) is 59.3 Å². The highest BCUT2D eigenvalue weighted by molar-refractivity contribution is 5.77. The molecule has 0 aliphatic carbocycles. The maximum Gasteiger partial charge on any atom is 0.311 e. The minimum absolute atomic E-state index is 0.0692. The van der Waals surface area contributed by atoms with Gasteiger partial charge in [0.2, 0.25) is 0 Å². The van der Waals surface area contributed by atoms with Gasteiger partial charge in [-0.1, -0.05) is 20.8 Å². The molecule has 1 rings (SSSR count). The topological polar surface area (TPSA) is 78.9 Å². The molecular formula is C18H24O6. The average molecular weight is 336 g/mol. The summed E-state index contributed by atoms with van der Waals surface area (Å²) in [5, 5.41) is 0. The summed E-state index contributed by atoms with van der Waals surface area (Å²) in [7, 11) is 0. The highest BCUT2D eigenvalue weighted by atomic mass is 16.6. The summed E-state index contributed by atoms with van der Waals surface area (Å²) in [6, 6.07) is 4.34. The molecule has 0 radical (unpaired) electrons. The van der Waals surface area contributed by atoms with E-state index in [1.807, 2.05) is 20.8 Å². The monoisotopic (exact) mass is 336 g/mol. The molecule has 0 N–H and O–H groups in total. The molecule has 132 valence electrons. The summed E-state index contributed by atoms with van der Waals surface area (Å²) in [5.41, 5.74) is 0. The largest absolute Gasteiger partial charge is 0.426 e. The van der Waals surface area contributed by atoms with Crippen molar-refractivity contribution >= 4 is 17.9 Å².